The van der Waals surface area contributed by atoms with Crippen molar-refractivity contribution in [3.63, 3.8) is 0 Å². The van der Waals surface area contributed by atoms with E-state index in [1.807, 2.05) is 6.92 Å². The van der Waals surface area contributed by atoms with Gasteiger partial charge in [0.05, 0.1) is 6.04 Å². The highest BCUT2D eigenvalue weighted by atomic mass is 19.3. The van der Waals surface area contributed by atoms with Gasteiger partial charge >= 0.3 is 12.7 Å². The summed E-state index contributed by atoms with van der Waals surface area (Å²) in [5.74, 6) is -0.919. The molecule has 1 saturated heterocycles. The van der Waals surface area contributed by atoms with Crippen molar-refractivity contribution in [2.24, 2.45) is 5.73 Å². The number of primary amides is 1. The third-order valence-electron chi connectivity index (χ3n) is 5.67. The Hall–Kier alpha value is -3.23. The zero-order valence-electron chi connectivity index (χ0n) is 17.6. The standard InChI is InChI=1S/C23H25F3N2O4/c1-2-19(15-3-9-18(10-4-15)31-21(25)26)28-14-13-23(32-22(28)30,12-11-20(27)29)16-5-7-17(24)8-6-16/h3-10,19,21H,2,11-14H2,1H3,(H2,27,29)/t19-,23-/m0/s1. The van der Waals surface area contributed by atoms with Gasteiger partial charge in [-0.05, 0) is 41.8 Å². The predicted molar refractivity (Wildman–Crippen MR) is 110 cm³/mol. The van der Waals surface area contributed by atoms with Crippen LogP contribution in [0.15, 0.2) is 48.5 Å². The zero-order valence-corrected chi connectivity index (χ0v) is 17.6. The second kappa shape index (κ2) is 9.93. The number of cyclic esters (lactones) is 1. The smallest absolute Gasteiger partial charge is 0.411 e. The van der Waals surface area contributed by atoms with E-state index in [0.29, 0.717) is 24.9 Å². The molecule has 0 spiro atoms. The minimum Gasteiger partial charge on any atom is -0.438 e. The number of carbonyl (C=O) groups is 2. The molecule has 2 amide bonds. The lowest BCUT2D eigenvalue weighted by Gasteiger charge is -2.44. The Balaban J connectivity index is 1.82. The first kappa shape index (κ1) is 23.4. The number of rotatable bonds is 9. The van der Waals surface area contributed by atoms with Crippen LogP contribution in [0.5, 0.6) is 5.75 Å². The maximum Gasteiger partial charge on any atom is 0.411 e. The Morgan fingerprint density at radius 2 is 1.84 bits per heavy atom. The van der Waals surface area contributed by atoms with Crippen LogP contribution in [0.4, 0.5) is 18.0 Å². The van der Waals surface area contributed by atoms with Gasteiger partial charge in [0, 0.05) is 25.8 Å². The van der Waals surface area contributed by atoms with Crippen molar-refractivity contribution in [3.05, 3.63) is 65.5 Å². The summed E-state index contributed by atoms with van der Waals surface area (Å²) in [5, 5.41) is 0. The number of halogens is 3. The molecule has 1 aliphatic rings. The van der Waals surface area contributed by atoms with Crippen LogP contribution in [0.25, 0.3) is 0 Å². The van der Waals surface area contributed by atoms with Crippen LogP contribution in [0, 0.1) is 5.82 Å². The van der Waals surface area contributed by atoms with E-state index in [2.05, 4.69) is 4.74 Å². The maximum absolute atomic E-state index is 13.4. The Bertz CT molecular complexity index is 937. The molecule has 6 nitrogen and oxygen atoms in total. The quantitative estimate of drug-likeness (QED) is 0.590. The lowest BCUT2D eigenvalue weighted by molar-refractivity contribution is -0.121. The van der Waals surface area contributed by atoms with E-state index in [4.69, 9.17) is 10.5 Å². The minimum absolute atomic E-state index is 0.00740. The van der Waals surface area contributed by atoms with Gasteiger partial charge in [-0.1, -0.05) is 31.2 Å². The van der Waals surface area contributed by atoms with Crippen LogP contribution < -0.4 is 10.5 Å². The number of hydrogen-bond donors (Lipinski definition) is 1. The number of amides is 2. The molecule has 0 aromatic heterocycles. The van der Waals surface area contributed by atoms with Crippen LogP contribution in [0.3, 0.4) is 0 Å². The molecule has 9 heteroatoms. The Labute approximate surface area is 184 Å². The van der Waals surface area contributed by atoms with Gasteiger partial charge in [-0.3, -0.25) is 4.79 Å². The fourth-order valence-corrected chi connectivity index (χ4v) is 4.06. The van der Waals surface area contributed by atoms with Gasteiger partial charge in [0.25, 0.3) is 0 Å². The fourth-order valence-electron chi connectivity index (χ4n) is 4.06. The van der Waals surface area contributed by atoms with Gasteiger partial charge in [0.1, 0.15) is 17.2 Å². The first-order chi connectivity index (χ1) is 15.2. The molecule has 0 aliphatic carbocycles. The molecule has 1 fully saturated rings. The van der Waals surface area contributed by atoms with Crippen molar-refractivity contribution < 1.29 is 32.2 Å². The molecule has 0 unspecified atom stereocenters. The van der Waals surface area contributed by atoms with E-state index in [1.165, 1.54) is 36.4 Å². The maximum atomic E-state index is 13.4. The number of benzene rings is 2. The van der Waals surface area contributed by atoms with Gasteiger partial charge in [-0.2, -0.15) is 8.78 Å². The van der Waals surface area contributed by atoms with E-state index in [1.54, 1.807) is 17.0 Å². The second-order valence-electron chi connectivity index (χ2n) is 7.65. The molecule has 0 bridgehead atoms. The zero-order chi connectivity index (χ0) is 23.3. The largest absolute Gasteiger partial charge is 0.438 e. The second-order valence-corrected chi connectivity index (χ2v) is 7.65. The summed E-state index contributed by atoms with van der Waals surface area (Å²) in [5.41, 5.74) is 5.56. The number of alkyl halides is 2. The number of nitrogens with zero attached hydrogens (tertiary/aromatic N) is 1. The molecule has 172 valence electrons. The Kier molecular flexibility index (Phi) is 7.27. The first-order valence-electron chi connectivity index (χ1n) is 10.3. The Morgan fingerprint density at radius 1 is 1.19 bits per heavy atom. The molecular formula is C23H25F3N2O4. The summed E-state index contributed by atoms with van der Waals surface area (Å²) in [6.45, 7) is -0.695. The molecule has 1 aliphatic heterocycles. The van der Waals surface area contributed by atoms with Crippen LogP contribution >= 0.6 is 0 Å². The van der Waals surface area contributed by atoms with Crippen molar-refractivity contribution in [1.82, 2.24) is 4.90 Å². The van der Waals surface area contributed by atoms with Gasteiger partial charge in [0.2, 0.25) is 5.91 Å². The van der Waals surface area contributed by atoms with E-state index < -0.39 is 30.0 Å². The minimum atomic E-state index is -2.92. The van der Waals surface area contributed by atoms with Gasteiger partial charge in [-0.25, -0.2) is 9.18 Å². The van der Waals surface area contributed by atoms with Crippen molar-refractivity contribution >= 4 is 12.0 Å². The van der Waals surface area contributed by atoms with Crippen LogP contribution in [-0.4, -0.2) is 30.1 Å². The Morgan fingerprint density at radius 3 is 2.38 bits per heavy atom. The van der Waals surface area contributed by atoms with Crippen molar-refractivity contribution in [1.29, 1.82) is 0 Å². The SMILES string of the molecule is CC[C@@H](c1ccc(OC(F)F)cc1)N1CC[C@@](CCC(N)=O)(c2ccc(F)cc2)OC1=O. The summed E-state index contributed by atoms with van der Waals surface area (Å²) >= 11 is 0. The third-order valence-corrected chi connectivity index (χ3v) is 5.67. The van der Waals surface area contributed by atoms with Crippen molar-refractivity contribution in [2.75, 3.05) is 6.54 Å². The van der Waals surface area contributed by atoms with Crippen LogP contribution in [-0.2, 0) is 15.1 Å². The van der Waals surface area contributed by atoms with E-state index >= 15 is 0 Å². The topological polar surface area (TPSA) is 81.9 Å². The molecule has 0 radical (unpaired) electrons. The van der Waals surface area contributed by atoms with E-state index in [0.717, 1.165) is 5.56 Å². The third kappa shape index (κ3) is 5.33. The number of ether oxygens (including phenoxy) is 2. The molecule has 3 rings (SSSR count). The lowest BCUT2D eigenvalue weighted by Crippen LogP contribution is -2.49. The fraction of sp³-hybridized carbons (Fsp3) is 0.391. The summed E-state index contributed by atoms with van der Waals surface area (Å²) < 4.78 is 48.5. The highest BCUT2D eigenvalue weighted by Crippen LogP contribution is 2.41. The highest BCUT2D eigenvalue weighted by Gasteiger charge is 2.44. The molecule has 2 atom stereocenters. The average molecular weight is 450 g/mol. The molecule has 32 heavy (non-hydrogen) atoms. The van der Waals surface area contributed by atoms with E-state index in [9.17, 15) is 22.8 Å². The summed E-state index contributed by atoms with van der Waals surface area (Å²) in [7, 11) is 0. The summed E-state index contributed by atoms with van der Waals surface area (Å²) in [6, 6.07) is 11.4. The first-order valence-corrected chi connectivity index (χ1v) is 10.3. The normalized spacial score (nSPS) is 19.5. The van der Waals surface area contributed by atoms with Crippen molar-refractivity contribution in [2.45, 2.75) is 50.9 Å². The van der Waals surface area contributed by atoms with Crippen LogP contribution in [0.1, 0.15) is 49.8 Å². The molecule has 2 aromatic rings. The van der Waals surface area contributed by atoms with Gasteiger partial charge in [-0.15, -0.1) is 0 Å². The van der Waals surface area contributed by atoms with E-state index in [-0.39, 0.29) is 24.6 Å². The number of nitrogens with two attached hydrogens (primary N) is 1. The molecule has 0 saturated carbocycles. The summed E-state index contributed by atoms with van der Waals surface area (Å²) in [4.78, 5) is 26.0. The van der Waals surface area contributed by atoms with Crippen LogP contribution in [0.2, 0.25) is 0 Å². The molecule has 2 aromatic carbocycles. The molecule has 1 heterocycles. The predicted octanol–water partition coefficient (Wildman–Crippen LogP) is 4.88. The molecular weight excluding hydrogens is 425 g/mol. The highest BCUT2D eigenvalue weighted by molar-refractivity contribution is 5.74. The van der Waals surface area contributed by atoms with Crippen molar-refractivity contribution in [3.8, 4) is 5.75 Å². The number of hydrogen-bond acceptors (Lipinski definition) is 4. The molecule has 2 N–H and O–H groups in total. The number of carbonyl (C=O) groups excluding carboxylic acids is 2. The van der Waals surface area contributed by atoms with Gasteiger partial charge < -0.3 is 20.1 Å². The monoisotopic (exact) mass is 450 g/mol. The summed E-state index contributed by atoms with van der Waals surface area (Å²) in [6.07, 6.45) is 0.553. The lowest BCUT2D eigenvalue weighted by atomic mass is 9.84. The average Bonchev–Trinajstić information content (AvgIpc) is 2.75. The van der Waals surface area contributed by atoms with Gasteiger partial charge in [0.15, 0.2) is 0 Å².